The van der Waals surface area contributed by atoms with Crippen molar-refractivity contribution in [2.24, 2.45) is 0 Å². The molecule has 8 heteroatoms. The van der Waals surface area contributed by atoms with Gasteiger partial charge in [-0.25, -0.2) is 0 Å². The summed E-state index contributed by atoms with van der Waals surface area (Å²) in [5, 5.41) is 8.64. The van der Waals surface area contributed by atoms with Crippen molar-refractivity contribution >= 4 is 41.3 Å². The number of carbonyl (C=O) groups excluding carboxylic acids is 1. The van der Waals surface area contributed by atoms with Crippen LogP contribution in [-0.2, 0) is 0 Å². The number of ketones is 1. The Morgan fingerprint density at radius 1 is 1.20 bits per heavy atom. The van der Waals surface area contributed by atoms with E-state index in [2.05, 4.69) is 15.2 Å². The van der Waals surface area contributed by atoms with Crippen LogP contribution in [0.3, 0.4) is 0 Å². The molecule has 0 aliphatic carbocycles. The molecule has 0 atom stereocenters. The van der Waals surface area contributed by atoms with Crippen LogP contribution >= 0.6 is 23.4 Å². The summed E-state index contributed by atoms with van der Waals surface area (Å²) in [6.45, 7) is 0. The number of benzene rings is 1. The van der Waals surface area contributed by atoms with Crippen LogP contribution in [0.25, 0.3) is 12.2 Å². The van der Waals surface area contributed by atoms with Crippen molar-refractivity contribution in [2.45, 2.75) is 5.16 Å². The van der Waals surface area contributed by atoms with E-state index in [1.54, 1.807) is 42.5 Å². The first-order valence-corrected chi connectivity index (χ1v) is 8.58. The average molecular weight is 374 g/mol. The molecule has 0 fully saturated rings. The van der Waals surface area contributed by atoms with E-state index in [0.29, 0.717) is 16.3 Å². The Balaban J connectivity index is 1.64. The molecule has 6 nitrogen and oxygen atoms in total. The van der Waals surface area contributed by atoms with Crippen molar-refractivity contribution in [3.8, 4) is 0 Å². The third-order valence-electron chi connectivity index (χ3n) is 3.16. The summed E-state index contributed by atoms with van der Waals surface area (Å²) < 4.78 is 5.14. The van der Waals surface area contributed by atoms with Gasteiger partial charge < -0.3 is 4.42 Å². The summed E-state index contributed by atoms with van der Waals surface area (Å²) in [4.78, 5) is 26.7. The number of Topliss-reactive ketones (excluding diaryl/α,β-unsaturated/α-hetero) is 1. The summed E-state index contributed by atoms with van der Waals surface area (Å²) in [7, 11) is 0. The summed E-state index contributed by atoms with van der Waals surface area (Å²) in [6.07, 6.45) is 4.67. The average Bonchev–Trinajstić information content (AvgIpc) is 3.13. The molecular formula is C17H12ClN3O3S. The normalized spacial score (nSPS) is 11.1. The van der Waals surface area contributed by atoms with Crippen LogP contribution in [0.15, 0.2) is 57.0 Å². The number of hydrogen-bond donors (Lipinski definition) is 1. The minimum atomic E-state index is -0.390. The summed E-state index contributed by atoms with van der Waals surface area (Å²) in [6, 6.07) is 10.1. The number of nitrogens with one attached hydrogen (secondary N) is 1. The Morgan fingerprint density at radius 3 is 2.68 bits per heavy atom. The highest BCUT2D eigenvalue weighted by molar-refractivity contribution is 7.99. The van der Waals surface area contributed by atoms with Gasteiger partial charge in [0, 0.05) is 10.6 Å². The number of H-pyrrole nitrogens is 1. The molecule has 0 aliphatic heterocycles. The van der Waals surface area contributed by atoms with Crippen LogP contribution in [0.5, 0.6) is 0 Å². The third-order valence-corrected chi connectivity index (χ3v) is 4.27. The van der Waals surface area contributed by atoms with Crippen LogP contribution in [0.2, 0.25) is 5.02 Å². The minimum absolute atomic E-state index is 0.0916. The first-order chi connectivity index (χ1) is 12.1. The fourth-order valence-corrected chi connectivity index (χ4v) is 2.73. The first-order valence-electron chi connectivity index (χ1n) is 7.22. The maximum atomic E-state index is 12.1. The maximum absolute atomic E-state index is 12.1. The highest BCUT2D eigenvalue weighted by Gasteiger charge is 2.09. The molecule has 0 radical (unpaired) electrons. The molecule has 0 saturated carbocycles. The number of furan rings is 1. The lowest BCUT2D eigenvalue weighted by molar-refractivity contribution is 0.102. The van der Waals surface area contributed by atoms with Crippen molar-refractivity contribution in [1.82, 2.24) is 15.2 Å². The minimum Gasteiger partial charge on any atom is -0.465 e. The highest BCUT2D eigenvalue weighted by Crippen LogP contribution is 2.15. The van der Waals surface area contributed by atoms with Crippen LogP contribution in [-0.4, -0.2) is 26.7 Å². The third kappa shape index (κ3) is 4.68. The van der Waals surface area contributed by atoms with E-state index < -0.39 is 0 Å². The number of carbonyl (C=O) groups is 1. The van der Waals surface area contributed by atoms with Gasteiger partial charge >= 0.3 is 0 Å². The summed E-state index contributed by atoms with van der Waals surface area (Å²) >= 11 is 6.91. The van der Waals surface area contributed by atoms with E-state index in [9.17, 15) is 9.59 Å². The monoisotopic (exact) mass is 373 g/mol. The Kier molecular flexibility index (Phi) is 5.47. The first kappa shape index (κ1) is 17.2. The highest BCUT2D eigenvalue weighted by atomic mass is 35.5. The molecule has 3 aromatic rings. The smallest absolute Gasteiger partial charge is 0.277 e. The largest absolute Gasteiger partial charge is 0.465 e. The molecular weight excluding hydrogens is 362 g/mol. The van der Waals surface area contributed by atoms with Gasteiger partial charge in [0.05, 0.1) is 12.0 Å². The SMILES string of the molecule is O=C(CSc1nnc(/C=C/c2ccco2)c(=O)[nH]1)c1ccc(Cl)cc1. The van der Waals surface area contributed by atoms with Gasteiger partial charge in [-0.15, -0.1) is 10.2 Å². The van der Waals surface area contributed by atoms with E-state index in [4.69, 9.17) is 16.0 Å². The Labute approximate surface area is 151 Å². The van der Waals surface area contributed by atoms with Gasteiger partial charge in [0.25, 0.3) is 5.56 Å². The number of hydrogen-bond acceptors (Lipinski definition) is 6. The van der Waals surface area contributed by atoms with Crippen molar-refractivity contribution in [3.63, 3.8) is 0 Å². The van der Waals surface area contributed by atoms with Crippen molar-refractivity contribution in [2.75, 3.05) is 5.75 Å². The zero-order valence-corrected chi connectivity index (χ0v) is 14.4. The molecule has 126 valence electrons. The molecule has 0 spiro atoms. The Bertz CT molecular complexity index is 950. The van der Waals surface area contributed by atoms with Gasteiger partial charge in [0.2, 0.25) is 0 Å². The zero-order valence-electron chi connectivity index (χ0n) is 12.8. The van der Waals surface area contributed by atoms with Gasteiger partial charge in [0.1, 0.15) is 5.76 Å². The number of aromatic nitrogens is 3. The summed E-state index contributed by atoms with van der Waals surface area (Å²) in [5.41, 5.74) is 0.314. The molecule has 1 aromatic carbocycles. The van der Waals surface area contributed by atoms with E-state index in [1.807, 2.05) is 0 Å². The number of thioether (sulfide) groups is 1. The molecule has 2 aromatic heterocycles. The van der Waals surface area contributed by atoms with E-state index >= 15 is 0 Å². The maximum Gasteiger partial charge on any atom is 0.277 e. The lowest BCUT2D eigenvalue weighted by Gasteiger charge is -2.01. The van der Waals surface area contributed by atoms with Gasteiger partial charge in [0.15, 0.2) is 16.6 Å². The molecule has 0 unspecified atom stereocenters. The number of rotatable bonds is 6. The molecule has 1 N–H and O–H groups in total. The Morgan fingerprint density at radius 2 is 2.00 bits per heavy atom. The van der Waals surface area contributed by atoms with Crippen LogP contribution in [0.1, 0.15) is 21.8 Å². The van der Waals surface area contributed by atoms with E-state index in [0.717, 1.165) is 11.8 Å². The molecule has 0 saturated heterocycles. The number of nitrogens with zero attached hydrogens (tertiary/aromatic N) is 2. The van der Waals surface area contributed by atoms with Crippen LogP contribution in [0, 0.1) is 0 Å². The predicted molar refractivity (Wildman–Crippen MR) is 96.8 cm³/mol. The van der Waals surface area contributed by atoms with Gasteiger partial charge in [-0.3, -0.25) is 14.6 Å². The molecule has 2 heterocycles. The standard InChI is InChI=1S/C17H12ClN3O3S/c18-12-5-3-11(4-6-12)15(22)10-25-17-19-16(23)14(20-21-17)8-7-13-2-1-9-24-13/h1-9H,10H2,(H,19,21,23)/b8-7+. The predicted octanol–water partition coefficient (Wildman–Crippen LogP) is 3.56. The van der Waals surface area contributed by atoms with Crippen LogP contribution < -0.4 is 5.56 Å². The number of halogens is 1. The summed E-state index contributed by atoms with van der Waals surface area (Å²) in [5.74, 6) is 0.646. The topological polar surface area (TPSA) is 88.8 Å². The zero-order chi connectivity index (χ0) is 17.6. The second kappa shape index (κ2) is 7.96. The van der Waals surface area contributed by atoms with Gasteiger partial charge in [-0.05, 0) is 48.6 Å². The van der Waals surface area contributed by atoms with Crippen molar-refractivity contribution < 1.29 is 9.21 Å². The molecule has 0 amide bonds. The van der Waals surface area contributed by atoms with E-state index in [1.165, 1.54) is 12.3 Å². The van der Waals surface area contributed by atoms with Gasteiger partial charge in [-0.2, -0.15) is 0 Å². The molecule has 3 rings (SSSR count). The van der Waals surface area contributed by atoms with Crippen molar-refractivity contribution in [1.29, 1.82) is 0 Å². The quantitative estimate of drug-likeness (QED) is 0.525. The Hall–Kier alpha value is -2.64. The van der Waals surface area contributed by atoms with Crippen molar-refractivity contribution in [3.05, 3.63) is 75.1 Å². The lowest BCUT2D eigenvalue weighted by Crippen LogP contribution is -2.15. The molecule has 25 heavy (non-hydrogen) atoms. The molecule has 0 aliphatic rings. The van der Waals surface area contributed by atoms with Crippen LogP contribution in [0.4, 0.5) is 0 Å². The second-order valence-electron chi connectivity index (χ2n) is 4.91. The molecule has 0 bridgehead atoms. The second-order valence-corrected chi connectivity index (χ2v) is 6.31. The lowest BCUT2D eigenvalue weighted by atomic mass is 10.1. The van der Waals surface area contributed by atoms with Gasteiger partial charge in [-0.1, -0.05) is 23.4 Å². The van der Waals surface area contributed by atoms with E-state index in [-0.39, 0.29) is 27.9 Å². The fraction of sp³-hybridized carbons (Fsp3) is 0.0588. The fourth-order valence-electron chi connectivity index (χ4n) is 1.91. The number of aromatic amines is 1.